The molecule has 21 heavy (non-hydrogen) atoms. The van der Waals surface area contributed by atoms with E-state index in [2.05, 4.69) is 4.72 Å². The Bertz CT molecular complexity index is 701. The minimum Gasteiger partial charge on any atom is -0.224 e. The van der Waals surface area contributed by atoms with Gasteiger partial charge in [-0.3, -0.25) is 0 Å². The van der Waals surface area contributed by atoms with E-state index in [1.807, 2.05) is 13.2 Å². The van der Waals surface area contributed by atoms with Gasteiger partial charge >= 0.3 is 0 Å². The molecule has 0 aromatic heterocycles. The number of hydrogen-bond acceptors (Lipinski definition) is 5. The number of sulfonamides is 1. The highest BCUT2D eigenvalue weighted by molar-refractivity contribution is 7.99. The van der Waals surface area contributed by atoms with E-state index in [0.29, 0.717) is 6.42 Å². The fourth-order valence-electron chi connectivity index (χ4n) is 1.51. The van der Waals surface area contributed by atoms with Crippen molar-refractivity contribution in [2.45, 2.75) is 28.4 Å². The van der Waals surface area contributed by atoms with E-state index in [9.17, 15) is 21.2 Å². The largest absolute Gasteiger partial charge is 0.243 e. The van der Waals surface area contributed by atoms with Gasteiger partial charge in [-0.1, -0.05) is 6.92 Å². The van der Waals surface area contributed by atoms with Gasteiger partial charge in [-0.05, 0) is 30.9 Å². The fraction of sp³-hybridized carbons (Fsp3) is 0.500. The van der Waals surface area contributed by atoms with Crippen molar-refractivity contribution in [3.05, 3.63) is 24.0 Å². The van der Waals surface area contributed by atoms with Crippen LogP contribution < -0.4 is 4.72 Å². The molecule has 0 bridgehead atoms. The van der Waals surface area contributed by atoms with Gasteiger partial charge in [0.05, 0.1) is 4.90 Å². The predicted molar refractivity (Wildman–Crippen MR) is 82.3 cm³/mol. The van der Waals surface area contributed by atoms with Crippen LogP contribution in [0.3, 0.4) is 0 Å². The zero-order valence-corrected chi connectivity index (χ0v) is 14.4. The molecule has 0 saturated carbocycles. The van der Waals surface area contributed by atoms with Crippen molar-refractivity contribution in [3.8, 4) is 0 Å². The lowest BCUT2D eigenvalue weighted by Gasteiger charge is -2.11. The van der Waals surface area contributed by atoms with Gasteiger partial charge in [0, 0.05) is 18.1 Å². The number of halogens is 1. The molecule has 1 atom stereocenters. The van der Waals surface area contributed by atoms with E-state index in [1.165, 1.54) is 0 Å². The first-order chi connectivity index (χ1) is 9.58. The zero-order chi connectivity index (χ0) is 16.3. The Morgan fingerprint density at radius 2 is 1.90 bits per heavy atom. The lowest BCUT2D eigenvalue weighted by atomic mass is 10.3. The number of thioether (sulfide) groups is 1. The summed E-state index contributed by atoms with van der Waals surface area (Å²) < 4.78 is 62.9. The molecular weight excluding hydrogens is 337 g/mol. The summed E-state index contributed by atoms with van der Waals surface area (Å²) in [5.74, 6) is -0.979. The summed E-state index contributed by atoms with van der Waals surface area (Å²) in [4.78, 5) is -0.885. The second-order valence-electron chi connectivity index (χ2n) is 4.60. The SMILES string of the molecule is CSC(C)CCNS(=O)(=O)c1cc(S(C)(=O)=O)ccc1F. The second kappa shape index (κ2) is 7.08. The summed E-state index contributed by atoms with van der Waals surface area (Å²) in [6.45, 7) is 2.11. The van der Waals surface area contributed by atoms with Gasteiger partial charge in [0.1, 0.15) is 10.7 Å². The lowest BCUT2D eigenvalue weighted by molar-refractivity contribution is 0.553. The Hall–Kier alpha value is -0.640. The number of nitrogens with one attached hydrogen (secondary N) is 1. The number of benzene rings is 1. The Morgan fingerprint density at radius 3 is 2.43 bits per heavy atom. The molecule has 0 saturated heterocycles. The van der Waals surface area contributed by atoms with E-state index in [-0.39, 0.29) is 16.7 Å². The summed E-state index contributed by atoms with van der Waals surface area (Å²) in [5.41, 5.74) is 0. The fourth-order valence-corrected chi connectivity index (χ4v) is 3.74. The quantitative estimate of drug-likeness (QED) is 0.752. The highest BCUT2D eigenvalue weighted by Gasteiger charge is 2.21. The van der Waals surface area contributed by atoms with E-state index < -0.39 is 30.6 Å². The molecule has 1 aromatic rings. The van der Waals surface area contributed by atoms with Gasteiger partial charge in [-0.25, -0.2) is 25.9 Å². The maximum atomic E-state index is 13.7. The first-order valence-corrected chi connectivity index (χ1v) is 10.8. The van der Waals surface area contributed by atoms with Crippen molar-refractivity contribution in [3.63, 3.8) is 0 Å². The van der Waals surface area contributed by atoms with E-state index >= 15 is 0 Å². The Labute approximate surface area is 129 Å². The standard InChI is InChI=1S/C12H18FNO4S3/c1-9(19-2)6-7-14-21(17,18)12-8-10(20(3,15)16)4-5-11(12)13/h4-5,8-9,14H,6-7H2,1-3H3. The van der Waals surface area contributed by atoms with Crippen molar-refractivity contribution in [1.29, 1.82) is 0 Å². The Morgan fingerprint density at radius 1 is 1.29 bits per heavy atom. The summed E-state index contributed by atoms with van der Waals surface area (Å²) in [7, 11) is -7.68. The maximum Gasteiger partial charge on any atom is 0.243 e. The third kappa shape index (κ3) is 5.24. The molecule has 0 aliphatic carbocycles. The van der Waals surface area contributed by atoms with Crippen LogP contribution in [0.5, 0.6) is 0 Å². The van der Waals surface area contributed by atoms with Crippen LogP contribution in [0.25, 0.3) is 0 Å². The molecule has 1 rings (SSSR count). The van der Waals surface area contributed by atoms with E-state index in [1.54, 1.807) is 11.8 Å². The second-order valence-corrected chi connectivity index (χ2v) is 9.62. The van der Waals surface area contributed by atoms with E-state index in [4.69, 9.17) is 0 Å². The summed E-state index contributed by atoms with van der Waals surface area (Å²) in [5, 5.41) is 0.264. The number of hydrogen-bond donors (Lipinski definition) is 1. The highest BCUT2D eigenvalue weighted by Crippen LogP contribution is 2.19. The summed E-state index contributed by atoms with van der Waals surface area (Å²) in [6, 6.07) is 2.72. The third-order valence-corrected chi connectivity index (χ3v) is 6.49. The van der Waals surface area contributed by atoms with Gasteiger partial charge in [0.25, 0.3) is 0 Å². The first kappa shape index (κ1) is 18.4. The molecule has 0 heterocycles. The van der Waals surface area contributed by atoms with E-state index in [0.717, 1.165) is 24.5 Å². The monoisotopic (exact) mass is 355 g/mol. The number of rotatable bonds is 7. The molecule has 1 aromatic carbocycles. The molecule has 0 aliphatic rings. The third-order valence-electron chi connectivity index (χ3n) is 2.87. The van der Waals surface area contributed by atoms with Crippen molar-refractivity contribution in [2.75, 3.05) is 19.1 Å². The zero-order valence-electron chi connectivity index (χ0n) is 12.0. The predicted octanol–water partition coefficient (Wildman–Crippen LogP) is 1.65. The minimum atomic E-state index is -4.08. The summed E-state index contributed by atoms with van der Waals surface area (Å²) >= 11 is 1.59. The Kier molecular flexibility index (Phi) is 6.21. The van der Waals surface area contributed by atoms with Gasteiger partial charge in [-0.15, -0.1) is 0 Å². The molecule has 0 aliphatic heterocycles. The maximum absolute atomic E-state index is 13.7. The normalized spacial score (nSPS) is 14.1. The van der Waals surface area contributed by atoms with Crippen LogP contribution in [0, 0.1) is 5.82 Å². The molecule has 1 N–H and O–H groups in total. The van der Waals surface area contributed by atoms with Crippen LogP contribution in [0.2, 0.25) is 0 Å². The van der Waals surface area contributed by atoms with Crippen LogP contribution in [-0.4, -0.2) is 41.1 Å². The molecule has 0 radical (unpaired) electrons. The van der Waals surface area contributed by atoms with Crippen molar-refractivity contribution in [1.82, 2.24) is 4.72 Å². The number of sulfone groups is 1. The molecule has 0 fully saturated rings. The van der Waals surface area contributed by atoms with Gasteiger partial charge in [-0.2, -0.15) is 11.8 Å². The molecule has 9 heteroatoms. The van der Waals surface area contributed by atoms with Gasteiger partial charge < -0.3 is 0 Å². The molecule has 5 nitrogen and oxygen atoms in total. The van der Waals surface area contributed by atoms with Crippen LogP contribution in [0.4, 0.5) is 4.39 Å². The highest BCUT2D eigenvalue weighted by atomic mass is 32.2. The molecule has 1 unspecified atom stereocenters. The lowest BCUT2D eigenvalue weighted by Crippen LogP contribution is -2.27. The van der Waals surface area contributed by atoms with Crippen LogP contribution >= 0.6 is 11.8 Å². The minimum absolute atomic E-state index is 0.160. The van der Waals surface area contributed by atoms with Gasteiger partial charge in [0.15, 0.2) is 9.84 Å². The first-order valence-electron chi connectivity index (χ1n) is 6.10. The summed E-state index contributed by atoms with van der Waals surface area (Å²) in [6.07, 6.45) is 3.44. The molecule has 120 valence electrons. The molecule has 0 spiro atoms. The van der Waals surface area contributed by atoms with Crippen molar-refractivity contribution >= 4 is 31.6 Å². The molecule has 0 amide bonds. The average molecular weight is 355 g/mol. The van der Waals surface area contributed by atoms with Crippen molar-refractivity contribution < 1.29 is 21.2 Å². The van der Waals surface area contributed by atoms with Crippen LogP contribution in [-0.2, 0) is 19.9 Å². The average Bonchev–Trinajstić information content (AvgIpc) is 2.37. The van der Waals surface area contributed by atoms with Crippen molar-refractivity contribution in [2.24, 2.45) is 0 Å². The van der Waals surface area contributed by atoms with Crippen LogP contribution in [0.15, 0.2) is 28.0 Å². The van der Waals surface area contributed by atoms with Crippen LogP contribution in [0.1, 0.15) is 13.3 Å². The van der Waals surface area contributed by atoms with Gasteiger partial charge in [0.2, 0.25) is 10.0 Å². The topological polar surface area (TPSA) is 80.3 Å². The smallest absolute Gasteiger partial charge is 0.224 e. The molecular formula is C12H18FNO4S3. The Balaban J connectivity index is 3.03.